The van der Waals surface area contributed by atoms with Gasteiger partial charge in [0.2, 0.25) is 0 Å². The molecule has 0 aromatic carbocycles. The summed E-state index contributed by atoms with van der Waals surface area (Å²) in [4.78, 5) is 7.72. The van der Waals surface area contributed by atoms with Gasteiger partial charge in [0.25, 0.3) is 0 Å². The molecule has 16 heavy (non-hydrogen) atoms. The Balaban J connectivity index is 3.36. The summed E-state index contributed by atoms with van der Waals surface area (Å²) in [6.45, 7) is 10.2. The van der Waals surface area contributed by atoms with Crippen molar-refractivity contribution in [2.75, 3.05) is 7.11 Å². The zero-order chi connectivity index (χ0) is 12.5. The summed E-state index contributed by atoms with van der Waals surface area (Å²) in [5.41, 5.74) is 1.76. The summed E-state index contributed by atoms with van der Waals surface area (Å²) in [7, 11) is 1.67. The highest BCUT2D eigenvalue weighted by atomic mass is 32.1. The Morgan fingerprint density at radius 3 is 2.31 bits per heavy atom. The molecule has 0 saturated heterocycles. The van der Waals surface area contributed by atoms with E-state index in [9.17, 15) is 0 Å². The first-order chi connectivity index (χ1) is 7.29. The van der Waals surface area contributed by atoms with Crippen molar-refractivity contribution in [3.05, 3.63) is 21.7 Å². The fourth-order valence-electron chi connectivity index (χ4n) is 1.66. The minimum Gasteiger partial charge on any atom is -0.371 e. The van der Waals surface area contributed by atoms with Crippen LogP contribution in [0.5, 0.6) is 0 Å². The summed E-state index contributed by atoms with van der Waals surface area (Å²) in [5, 5.41) is 0. The number of aromatic nitrogens is 2. The molecule has 0 aliphatic rings. The molecule has 1 heterocycles. The van der Waals surface area contributed by atoms with Crippen molar-refractivity contribution in [3.63, 3.8) is 0 Å². The van der Waals surface area contributed by atoms with E-state index in [-0.39, 0.29) is 0 Å². The van der Waals surface area contributed by atoms with Crippen molar-refractivity contribution in [2.24, 2.45) is 0 Å². The largest absolute Gasteiger partial charge is 0.371 e. The molecule has 0 amide bonds. The summed E-state index contributed by atoms with van der Waals surface area (Å²) in [6, 6.07) is 0. The van der Waals surface area contributed by atoms with Gasteiger partial charge in [-0.25, -0.2) is 4.98 Å². The molecule has 0 fully saturated rings. The fourth-order valence-corrected chi connectivity index (χ4v) is 2.14. The summed E-state index contributed by atoms with van der Waals surface area (Å²) in [5.74, 6) is 1.16. The third kappa shape index (κ3) is 2.50. The first-order valence-corrected chi connectivity index (χ1v) is 5.87. The van der Waals surface area contributed by atoms with Crippen molar-refractivity contribution >= 4 is 12.2 Å². The molecule has 4 heteroatoms. The lowest BCUT2D eigenvalue weighted by atomic mass is 10.0. The highest BCUT2D eigenvalue weighted by Crippen LogP contribution is 2.24. The SMILES string of the molecule is COC(C)(C)c1nc(=S)c(C(C)C)c(C)[nH]1. The van der Waals surface area contributed by atoms with Crippen molar-refractivity contribution in [3.8, 4) is 0 Å². The van der Waals surface area contributed by atoms with Crippen LogP contribution < -0.4 is 0 Å². The third-order valence-corrected chi connectivity index (χ3v) is 3.12. The Morgan fingerprint density at radius 1 is 1.38 bits per heavy atom. The Bertz CT molecular complexity index is 435. The van der Waals surface area contributed by atoms with Gasteiger partial charge >= 0.3 is 0 Å². The van der Waals surface area contributed by atoms with Crippen LogP contribution in [0, 0.1) is 11.6 Å². The number of aromatic amines is 1. The van der Waals surface area contributed by atoms with Crippen molar-refractivity contribution in [2.45, 2.75) is 46.1 Å². The van der Waals surface area contributed by atoms with Crippen molar-refractivity contribution in [1.82, 2.24) is 9.97 Å². The molecule has 1 aromatic rings. The maximum atomic E-state index is 5.39. The predicted molar refractivity (Wildman–Crippen MR) is 68.3 cm³/mol. The second kappa shape index (κ2) is 4.63. The lowest BCUT2D eigenvalue weighted by Crippen LogP contribution is -2.24. The smallest absolute Gasteiger partial charge is 0.139 e. The van der Waals surface area contributed by atoms with Crippen LogP contribution in [0.2, 0.25) is 0 Å². The van der Waals surface area contributed by atoms with Gasteiger partial charge in [-0.2, -0.15) is 0 Å². The van der Waals surface area contributed by atoms with Crippen LogP contribution >= 0.6 is 12.2 Å². The number of hydrogen-bond donors (Lipinski definition) is 1. The first-order valence-electron chi connectivity index (χ1n) is 5.46. The zero-order valence-electron chi connectivity index (χ0n) is 10.8. The normalized spacial score (nSPS) is 12.2. The molecule has 0 spiro atoms. The van der Waals surface area contributed by atoms with Gasteiger partial charge in [0, 0.05) is 18.4 Å². The molecular formula is C12H20N2OS. The number of nitrogens with zero attached hydrogens (tertiary/aromatic N) is 1. The molecule has 0 aliphatic carbocycles. The molecule has 1 aromatic heterocycles. The molecule has 3 nitrogen and oxygen atoms in total. The summed E-state index contributed by atoms with van der Waals surface area (Å²) >= 11 is 5.33. The zero-order valence-corrected chi connectivity index (χ0v) is 11.7. The highest BCUT2D eigenvalue weighted by molar-refractivity contribution is 7.71. The maximum Gasteiger partial charge on any atom is 0.139 e. The lowest BCUT2D eigenvalue weighted by molar-refractivity contribution is 0.0112. The van der Waals surface area contributed by atoms with E-state index in [0.29, 0.717) is 10.6 Å². The van der Waals surface area contributed by atoms with E-state index in [4.69, 9.17) is 17.0 Å². The standard InChI is InChI=1S/C12H20N2OS/c1-7(2)9-8(3)13-11(14-10(9)16)12(4,5)15-6/h7H,1-6H3,(H,13,14,16). The number of H-pyrrole nitrogens is 1. The molecular weight excluding hydrogens is 220 g/mol. The maximum absolute atomic E-state index is 5.39. The van der Waals surface area contributed by atoms with Crippen LogP contribution in [0.15, 0.2) is 0 Å². The Labute approximate surface area is 102 Å². The average molecular weight is 240 g/mol. The van der Waals surface area contributed by atoms with E-state index in [1.807, 2.05) is 20.8 Å². The lowest BCUT2D eigenvalue weighted by Gasteiger charge is -2.23. The first kappa shape index (κ1) is 13.3. The van der Waals surface area contributed by atoms with Crippen LogP contribution in [-0.4, -0.2) is 17.1 Å². The van der Waals surface area contributed by atoms with E-state index >= 15 is 0 Å². The molecule has 0 saturated carbocycles. The third-order valence-electron chi connectivity index (χ3n) is 2.81. The van der Waals surface area contributed by atoms with E-state index in [1.165, 1.54) is 0 Å². The number of hydrogen-bond acceptors (Lipinski definition) is 3. The summed E-state index contributed by atoms with van der Waals surface area (Å²) < 4.78 is 6.07. The summed E-state index contributed by atoms with van der Waals surface area (Å²) in [6.07, 6.45) is 0. The van der Waals surface area contributed by atoms with Crippen LogP contribution in [0.3, 0.4) is 0 Å². The monoisotopic (exact) mass is 240 g/mol. The van der Waals surface area contributed by atoms with Crippen LogP contribution in [0.25, 0.3) is 0 Å². The van der Waals surface area contributed by atoms with Crippen molar-refractivity contribution < 1.29 is 4.74 Å². The van der Waals surface area contributed by atoms with E-state index in [1.54, 1.807) is 7.11 Å². The number of aryl methyl sites for hydroxylation is 1. The quantitative estimate of drug-likeness (QED) is 0.822. The minimum absolute atomic E-state index is 0.385. The van der Waals surface area contributed by atoms with E-state index in [2.05, 4.69) is 23.8 Å². The van der Waals surface area contributed by atoms with E-state index < -0.39 is 5.60 Å². The number of nitrogens with one attached hydrogen (secondary N) is 1. The number of ether oxygens (including phenoxy) is 1. The van der Waals surface area contributed by atoms with Gasteiger partial charge in [-0.1, -0.05) is 26.1 Å². The Kier molecular flexibility index (Phi) is 3.86. The Morgan fingerprint density at radius 2 is 1.94 bits per heavy atom. The Hall–Kier alpha value is -0.740. The molecule has 0 atom stereocenters. The second-order valence-corrected chi connectivity index (χ2v) is 5.19. The molecule has 0 aliphatic heterocycles. The van der Waals surface area contributed by atoms with Gasteiger partial charge in [-0.15, -0.1) is 0 Å². The number of methoxy groups -OCH3 is 1. The average Bonchev–Trinajstić information content (AvgIpc) is 2.15. The topological polar surface area (TPSA) is 37.9 Å². The highest BCUT2D eigenvalue weighted by Gasteiger charge is 2.23. The van der Waals surface area contributed by atoms with Crippen LogP contribution in [-0.2, 0) is 10.3 Å². The molecule has 0 bridgehead atoms. The van der Waals surface area contributed by atoms with Crippen LogP contribution in [0.4, 0.5) is 0 Å². The molecule has 0 unspecified atom stereocenters. The molecule has 0 radical (unpaired) electrons. The molecule has 1 N–H and O–H groups in total. The van der Waals surface area contributed by atoms with Gasteiger partial charge in [0.1, 0.15) is 16.1 Å². The van der Waals surface area contributed by atoms with Gasteiger partial charge in [-0.05, 0) is 26.7 Å². The fraction of sp³-hybridized carbons (Fsp3) is 0.667. The van der Waals surface area contributed by atoms with Crippen molar-refractivity contribution in [1.29, 1.82) is 0 Å². The molecule has 90 valence electrons. The number of rotatable bonds is 3. The van der Waals surface area contributed by atoms with E-state index in [0.717, 1.165) is 17.1 Å². The van der Waals surface area contributed by atoms with Gasteiger partial charge in [-0.3, -0.25) is 0 Å². The molecule has 1 rings (SSSR count). The van der Waals surface area contributed by atoms with Gasteiger partial charge < -0.3 is 9.72 Å². The van der Waals surface area contributed by atoms with Crippen LogP contribution in [0.1, 0.15) is 50.7 Å². The minimum atomic E-state index is -0.437. The van der Waals surface area contributed by atoms with Gasteiger partial charge in [0.15, 0.2) is 0 Å². The second-order valence-electron chi connectivity index (χ2n) is 4.80. The predicted octanol–water partition coefficient (Wildman–Crippen LogP) is 3.45. The van der Waals surface area contributed by atoms with Gasteiger partial charge in [0.05, 0.1) is 0 Å².